The van der Waals surface area contributed by atoms with Crippen molar-refractivity contribution in [1.29, 1.82) is 0 Å². The number of hydrogen-bond donors (Lipinski definition) is 3. The molecule has 18 heavy (non-hydrogen) atoms. The average Bonchev–Trinajstić information content (AvgIpc) is 2.31. The molecule has 1 aromatic rings. The third kappa shape index (κ3) is 3.04. The van der Waals surface area contributed by atoms with Crippen molar-refractivity contribution in [2.75, 3.05) is 12.4 Å². The third-order valence-electron chi connectivity index (χ3n) is 2.65. The van der Waals surface area contributed by atoms with Crippen LogP contribution in [0.2, 0.25) is 0 Å². The molecule has 0 radical (unpaired) electrons. The summed E-state index contributed by atoms with van der Waals surface area (Å²) in [6.45, 7) is 3.29. The second kappa shape index (κ2) is 5.14. The molecular formula is C12H15FN2O3. The molecule has 0 fully saturated rings. The van der Waals surface area contributed by atoms with Crippen LogP contribution in [0.1, 0.15) is 24.2 Å². The molecule has 0 atom stereocenters. The first-order valence-electron chi connectivity index (χ1n) is 5.31. The van der Waals surface area contributed by atoms with Crippen molar-refractivity contribution in [1.82, 2.24) is 5.32 Å². The van der Waals surface area contributed by atoms with Gasteiger partial charge in [0.15, 0.2) is 0 Å². The fourth-order valence-electron chi connectivity index (χ4n) is 1.19. The molecule has 1 aromatic carbocycles. The minimum Gasteiger partial charge on any atom is -0.478 e. The lowest BCUT2D eigenvalue weighted by atomic mass is 10.0. The summed E-state index contributed by atoms with van der Waals surface area (Å²) < 4.78 is 13.0. The van der Waals surface area contributed by atoms with Gasteiger partial charge in [-0.25, -0.2) is 9.18 Å². The van der Waals surface area contributed by atoms with E-state index in [1.54, 1.807) is 20.9 Å². The number of carbonyl (C=O) groups is 2. The Bertz CT molecular complexity index is 486. The van der Waals surface area contributed by atoms with Gasteiger partial charge in [-0.3, -0.25) is 4.79 Å². The number of anilines is 1. The molecule has 98 valence electrons. The first kappa shape index (κ1) is 14.1. The maximum Gasteiger partial charge on any atom is 0.337 e. The van der Waals surface area contributed by atoms with Crippen molar-refractivity contribution < 1.29 is 19.1 Å². The Morgan fingerprint density at radius 1 is 1.33 bits per heavy atom. The number of aromatic carboxylic acids is 1. The van der Waals surface area contributed by atoms with Gasteiger partial charge in [-0.1, -0.05) is 0 Å². The lowest BCUT2D eigenvalue weighted by Crippen LogP contribution is -2.48. The van der Waals surface area contributed by atoms with Gasteiger partial charge in [-0.2, -0.15) is 0 Å². The van der Waals surface area contributed by atoms with Gasteiger partial charge in [0.2, 0.25) is 5.91 Å². The van der Waals surface area contributed by atoms with E-state index in [1.165, 1.54) is 6.07 Å². The molecule has 0 saturated heterocycles. The Kier molecular flexibility index (Phi) is 4.03. The zero-order valence-electron chi connectivity index (χ0n) is 10.4. The monoisotopic (exact) mass is 254 g/mol. The Morgan fingerprint density at radius 2 is 1.94 bits per heavy atom. The van der Waals surface area contributed by atoms with Crippen molar-refractivity contribution in [3.05, 3.63) is 29.6 Å². The highest BCUT2D eigenvalue weighted by Crippen LogP contribution is 2.18. The quantitative estimate of drug-likeness (QED) is 0.760. The standard InChI is InChI=1S/C12H15FN2O3/c1-12(2,14-3)11(18)15-9-5-4-7(13)6-8(9)10(16)17/h4-6,14H,1-3H3,(H,15,18)(H,16,17). The summed E-state index contributed by atoms with van der Waals surface area (Å²) in [6.07, 6.45) is 0. The number of carboxylic acid groups (broad SMARTS) is 1. The molecular weight excluding hydrogens is 239 g/mol. The Labute approximate surface area is 104 Å². The lowest BCUT2D eigenvalue weighted by molar-refractivity contribution is -0.121. The molecule has 0 aliphatic carbocycles. The molecule has 0 aliphatic rings. The molecule has 1 rings (SSSR count). The predicted octanol–water partition coefficient (Wildman–Crippen LogP) is 1.46. The molecule has 0 unspecified atom stereocenters. The van der Waals surface area contributed by atoms with E-state index in [0.717, 1.165) is 12.1 Å². The number of rotatable bonds is 4. The van der Waals surface area contributed by atoms with Crippen LogP contribution >= 0.6 is 0 Å². The first-order valence-corrected chi connectivity index (χ1v) is 5.31. The minimum atomic E-state index is -1.30. The predicted molar refractivity (Wildman–Crippen MR) is 65.1 cm³/mol. The van der Waals surface area contributed by atoms with Gasteiger partial charge in [0, 0.05) is 0 Å². The molecule has 0 aliphatic heterocycles. The molecule has 5 nitrogen and oxygen atoms in total. The van der Waals surface area contributed by atoms with E-state index < -0.39 is 23.2 Å². The third-order valence-corrected chi connectivity index (χ3v) is 2.65. The second-order valence-corrected chi connectivity index (χ2v) is 4.32. The van der Waals surface area contributed by atoms with Gasteiger partial charge in [0.1, 0.15) is 5.82 Å². The van der Waals surface area contributed by atoms with Crippen LogP contribution in [-0.4, -0.2) is 29.6 Å². The fourth-order valence-corrected chi connectivity index (χ4v) is 1.19. The number of amides is 1. The lowest BCUT2D eigenvalue weighted by Gasteiger charge is -2.23. The summed E-state index contributed by atoms with van der Waals surface area (Å²) in [5, 5.41) is 14.2. The number of carbonyl (C=O) groups excluding carboxylic acids is 1. The Hall–Kier alpha value is -1.95. The molecule has 0 spiro atoms. The van der Waals surface area contributed by atoms with E-state index in [2.05, 4.69) is 10.6 Å². The molecule has 0 aromatic heterocycles. The summed E-state index contributed by atoms with van der Waals surface area (Å²) in [7, 11) is 1.61. The summed E-state index contributed by atoms with van der Waals surface area (Å²) in [5.74, 6) is -2.37. The minimum absolute atomic E-state index is 0.0669. The van der Waals surface area contributed by atoms with Crippen LogP contribution in [0.15, 0.2) is 18.2 Å². The van der Waals surface area contributed by atoms with Crippen molar-refractivity contribution in [2.24, 2.45) is 0 Å². The van der Waals surface area contributed by atoms with Gasteiger partial charge in [-0.05, 0) is 39.1 Å². The van der Waals surface area contributed by atoms with Gasteiger partial charge < -0.3 is 15.7 Å². The second-order valence-electron chi connectivity index (χ2n) is 4.32. The highest BCUT2D eigenvalue weighted by atomic mass is 19.1. The van der Waals surface area contributed by atoms with Crippen LogP contribution in [0, 0.1) is 5.82 Å². The smallest absolute Gasteiger partial charge is 0.337 e. The SMILES string of the molecule is CNC(C)(C)C(=O)Nc1ccc(F)cc1C(=O)O. The molecule has 0 saturated carbocycles. The fraction of sp³-hybridized carbons (Fsp3) is 0.333. The molecule has 0 heterocycles. The highest BCUT2D eigenvalue weighted by Gasteiger charge is 2.26. The highest BCUT2D eigenvalue weighted by molar-refractivity contribution is 6.03. The van der Waals surface area contributed by atoms with Crippen LogP contribution < -0.4 is 10.6 Å². The number of benzene rings is 1. The van der Waals surface area contributed by atoms with Crippen molar-refractivity contribution in [3.8, 4) is 0 Å². The van der Waals surface area contributed by atoms with Crippen LogP contribution in [0.3, 0.4) is 0 Å². The number of carboxylic acids is 1. The molecule has 6 heteroatoms. The topological polar surface area (TPSA) is 78.4 Å². The zero-order valence-corrected chi connectivity index (χ0v) is 10.4. The van der Waals surface area contributed by atoms with Crippen molar-refractivity contribution >= 4 is 17.6 Å². The number of likely N-dealkylation sites (N-methyl/N-ethyl adjacent to an activating group) is 1. The summed E-state index contributed by atoms with van der Waals surface area (Å²) in [5.41, 5.74) is -1.07. The largest absolute Gasteiger partial charge is 0.478 e. The van der Waals surface area contributed by atoms with Crippen molar-refractivity contribution in [3.63, 3.8) is 0 Å². The molecule has 0 bridgehead atoms. The van der Waals surface area contributed by atoms with Crippen LogP contribution in [0.5, 0.6) is 0 Å². The van der Waals surface area contributed by atoms with E-state index in [4.69, 9.17) is 5.11 Å². The van der Waals surface area contributed by atoms with Gasteiger partial charge in [0.25, 0.3) is 0 Å². The summed E-state index contributed by atoms with van der Waals surface area (Å²) in [6, 6.07) is 3.18. The van der Waals surface area contributed by atoms with Crippen molar-refractivity contribution in [2.45, 2.75) is 19.4 Å². The van der Waals surface area contributed by atoms with Gasteiger partial charge >= 0.3 is 5.97 Å². The van der Waals surface area contributed by atoms with Crippen LogP contribution in [0.25, 0.3) is 0 Å². The Morgan fingerprint density at radius 3 is 2.44 bits per heavy atom. The van der Waals surface area contributed by atoms with Gasteiger partial charge in [0.05, 0.1) is 16.8 Å². The number of halogens is 1. The summed E-state index contributed by atoms with van der Waals surface area (Å²) in [4.78, 5) is 22.8. The maximum atomic E-state index is 13.0. The average molecular weight is 254 g/mol. The van der Waals surface area contributed by atoms with E-state index >= 15 is 0 Å². The van der Waals surface area contributed by atoms with E-state index in [-0.39, 0.29) is 11.3 Å². The van der Waals surface area contributed by atoms with Gasteiger partial charge in [-0.15, -0.1) is 0 Å². The zero-order chi connectivity index (χ0) is 13.9. The van der Waals surface area contributed by atoms with E-state index in [1.807, 2.05) is 0 Å². The van der Waals surface area contributed by atoms with Crippen LogP contribution in [-0.2, 0) is 4.79 Å². The summed E-state index contributed by atoms with van der Waals surface area (Å²) >= 11 is 0. The normalized spacial score (nSPS) is 11.1. The number of nitrogens with one attached hydrogen (secondary N) is 2. The molecule has 1 amide bonds. The Balaban J connectivity index is 3.05. The number of hydrogen-bond acceptors (Lipinski definition) is 3. The molecule has 3 N–H and O–H groups in total. The van der Waals surface area contributed by atoms with Crippen LogP contribution in [0.4, 0.5) is 10.1 Å². The van der Waals surface area contributed by atoms with E-state index in [0.29, 0.717) is 0 Å². The van der Waals surface area contributed by atoms with E-state index in [9.17, 15) is 14.0 Å². The maximum absolute atomic E-state index is 13.0. The first-order chi connectivity index (χ1) is 8.27.